The van der Waals surface area contributed by atoms with E-state index in [-0.39, 0.29) is 5.24 Å². The minimum Gasteiger partial charge on any atom is -0.465 e. The Balaban J connectivity index is 2.90. The predicted octanol–water partition coefficient (Wildman–Crippen LogP) is 2.90. The van der Waals surface area contributed by atoms with E-state index >= 15 is 0 Å². The molecule has 0 radical (unpaired) electrons. The molecule has 0 saturated carbocycles. The maximum Gasteiger partial charge on any atom is 0.337 e. The molecule has 0 aliphatic carbocycles. The van der Waals surface area contributed by atoms with E-state index in [4.69, 9.17) is 11.6 Å². The van der Waals surface area contributed by atoms with E-state index in [2.05, 4.69) is 4.74 Å². The van der Waals surface area contributed by atoms with Gasteiger partial charge in [0.2, 0.25) is 0 Å². The summed E-state index contributed by atoms with van der Waals surface area (Å²) in [6.45, 7) is 0. The molecule has 4 nitrogen and oxygen atoms in total. The molecule has 1 aromatic rings. The van der Waals surface area contributed by atoms with Crippen molar-refractivity contribution in [2.24, 2.45) is 0 Å². The first kappa shape index (κ1) is 13.9. The molecule has 17 heavy (non-hydrogen) atoms. The molecular formula is C11H12ClNO3S. The fourth-order valence-corrected chi connectivity index (χ4v) is 1.97. The molecule has 0 aliphatic heterocycles. The third-order valence-electron chi connectivity index (χ3n) is 1.92. The number of halogens is 1. The van der Waals surface area contributed by atoms with E-state index in [0.29, 0.717) is 15.5 Å². The van der Waals surface area contributed by atoms with Gasteiger partial charge in [0.25, 0.3) is 5.24 Å². The molecule has 0 atom stereocenters. The molecule has 0 aliphatic rings. The number of hydrogen-bond acceptors (Lipinski definition) is 4. The van der Waals surface area contributed by atoms with E-state index in [0.717, 1.165) is 11.8 Å². The minimum atomic E-state index is -0.456. The zero-order chi connectivity index (χ0) is 13.0. The fourth-order valence-electron chi connectivity index (χ4n) is 1.01. The molecular weight excluding hydrogens is 262 g/mol. The van der Waals surface area contributed by atoms with Crippen LogP contribution in [0.2, 0.25) is 5.02 Å². The summed E-state index contributed by atoms with van der Waals surface area (Å²) in [5.41, 5.74) is 0.360. The van der Waals surface area contributed by atoms with Gasteiger partial charge in [-0.2, -0.15) is 0 Å². The number of benzene rings is 1. The largest absolute Gasteiger partial charge is 0.465 e. The van der Waals surface area contributed by atoms with Crippen molar-refractivity contribution in [1.82, 2.24) is 4.90 Å². The van der Waals surface area contributed by atoms with Gasteiger partial charge in [0, 0.05) is 19.0 Å². The van der Waals surface area contributed by atoms with Crippen LogP contribution in [0.1, 0.15) is 10.4 Å². The van der Waals surface area contributed by atoms with Crippen LogP contribution < -0.4 is 0 Å². The van der Waals surface area contributed by atoms with Crippen LogP contribution in [0, 0.1) is 0 Å². The van der Waals surface area contributed by atoms with Crippen LogP contribution in [-0.4, -0.2) is 37.3 Å². The van der Waals surface area contributed by atoms with Gasteiger partial charge in [-0.1, -0.05) is 11.6 Å². The standard InChI is InChI=1S/C11H12ClNO3S/c1-13(2)11(15)17-9-5-4-7(6-8(9)12)10(14)16-3/h4-6H,1-3H3. The minimum absolute atomic E-state index is 0.127. The zero-order valence-corrected chi connectivity index (χ0v) is 11.3. The smallest absolute Gasteiger partial charge is 0.337 e. The van der Waals surface area contributed by atoms with Gasteiger partial charge in [-0.15, -0.1) is 0 Å². The maximum atomic E-state index is 11.5. The molecule has 6 heteroatoms. The number of rotatable bonds is 2. The Bertz CT molecular complexity index is 448. The Labute approximate surface area is 109 Å². The second-order valence-electron chi connectivity index (χ2n) is 3.40. The summed E-state index contributed by atoms with van der Waals surface area (Å²) in [5, 5.41) is 0.228. The van der Waals surface area contributed by atoms with E-state index in [9.17, 15) is 9.59 Å². The number of nitrogens with zero attached hydrogens (tertiary/aromatic N) is 1. The molecule has 1 amide bonds. The van der Waals surface area contributed by atoms with Crippen molar-refractivity contribution in [3.63, 3.8) is 0 Å². The van der Waals surface area contributed by atoms with E-state index < -0.39 is 5.97 Å². The average Bonchev–Trinajstić information content (AvgIpc) is 2.30. The van der Waals surface area contributed by atoms with E-state index in [1.807, 2.05) is 0 Å². The molecule has 1 aromatic carbocycles. The molecule has 0 spiro atoms. The Kier molecular flexibility index (Phi) is 4.84. The van der Waals surface area contributed by atoms with Gasteiger partial charge in [-0.3, -0.25) is 4.79 Å². The number of carbonyl (C=O) groups is 2. The van der Waals surface area contributed by atoms with Crippen LogP contribution in [0.3, 0.4) is 0 Å². The van der Waals surface area contributed by atoms with Crippen LogP contribution >= 0.6 is 23.4 Å². The summed E-state index contributed by atoms with van der Waals surface area (Å²) < 4.78 is 4.57. The number of amides is 1. The Morgan fingerprint density at radius 1 is 1.35 bits per heavy atom. The lowest BCUT2D eigenvalue weighted by molar-refractivity contribution is 0.0600. The molecule has 0 aromatic heterocycles. The quantitative estimate of drug-likeness (QED) is 0.614. The molecule has 0 fully saturated rings. The lowest BCUT2D eigenvalue weighted by Gasteiger charge is -2.10. The van der Waals surface area contributed by atoms with Gasteiger partial charge < -0.3 is 9.64 Å². The van der Waals surface area contributed by atoms with Crippen LogP contribution in [0.15, 0.2) is 23.1 Å². The van der Waals surface area contributed by atoms with Gasteiger partial charge in [-0.25, -0.2) is 4.79 Å². The van der Waals surface area contributed by atoms with E-state index in [1.54, 1.807) is 26.2 Å². The van der Waals surface area contributed by atoms with Crippen LogP contribution in [0.4, 0.5) is 4.79 Å². The lowest BCUT2D eigenvalue weighted by atomic mass is 10.2. The van der Waals surface area contributed by atoms with Gasteiger partial charge >= 0.3 is 5.97 Å². The highest BCUT2D eigenvalue weighted by atomic mass is 35.5. The number of methoxy groups -OCH3 is 1. The highest BCUT2D eigenvalue weighted by molar-refractivity contribution is 8.13. The van der Waals surface area contributed by atoms with Crippen molar-refractivity contribution in [2.45, 2.75) is 4.90 Å². The number of esters is 1. The highest BCUT2D eigenvalue weighted by Gasteiger charge is 2.12. The summed E-state index contributed by atoms with van der Waals surface area (Å²) in [5.74, 6) is -0.456. The first-order valence-corrected chi connectivity index (χ1v) is 5.92. The predicted molar refractivity (Wildman–Crippen MR) is 67.7 cm³/mol. The van der Waals surface area contributed by atoms with Crippen molar-refractivity contribution in [3.8, 4) is 0 Å². The van der Waals surface area contributed by atoms with E-state index in [1.165, 1.54) is 18.1 Å². The molecule has 0 saturated heterocycles. The molecule has 1 rings (SSSR count). The number of ether oxygens (including phenoxy) is 1. The van der Waals surface area contributed by atoms with Crippen molar-refractivity contribution in [3.05, 3.63) is 28.8 Å². The first-order chi connectivity index (χ1) is 7.95. The van der Waals surface area contributed by atoms with Crippen molar-refractivity contribution >= 4 is 34.6 Å². The van der Waals surface area contributed by atoms with Crippen LogP contribution in [-0.2, 0) is 4.74 Å². The number of hydrogen-bond donors (Lipinski definition) is 0. The molecule has 0 bridgehead atoms. The maximum absolute atomic E-state index is 11.5. The Morgan fingerprint density at radius 2 is 2.00 bits per heavy atom. The molecule has 0 heterocycles. The Morgan fingerprint density at radius 3 is 2.47 bits per heavy atom. The average molecular weight is 274 g/mol. The molecule has 0 unspecified atom stereocenters. The summed E-state index contributed by atoms with van der Waals surface area (Å²) >= 11 is 6.99. The molecule has 92 valence electrons. The second-order valence-corrected chi connectivity index (χ2v) is 4.80. The third-order valence-corrected chi connectivity index (χ3v) is 3.46. The summed E-state index contributed by atoms with van der Waals surface area (Å²) in [6.07, 6.45) is 0. The van der Waals surface area contributed by atoms with Gasteiger partial charge in [-0.05, 0) is 30.0 Å². The second kappa shape index (κ2) is 5.93. The van der Waals surface area contributed by atoms with Crippen molar-refractivity contribution in [1.29, 1.82) is 0 Å². The first-order valence-electron chi connectivity index (χ1n) is 4.72. The van der Waals surface area contributed by atoms with Crippen LogP contribution in [0.5, 0.6) is 0 Å². The summed E-state index contributed by atoms with van der Waals surface area (Å²) in [7, 11) is 4.62. The topological polar surface area (TPSA) is 46.6 Å². The van der Waals surface area contributed by atoms with Gasteiger partial charge in [0.05, 0.1) is 17.7 Å². The summed E-state index contributed by atoms with van der Waals surface area (Å²) in [6, 6.07) is 4.68. The highest BCUT2D eigenvalue weighted by Crippen LogP contribution is 2.29. The summed E-state index contributed by atoms with van der Waals surface area (Å²) in [4.78, 5) is 24.8. The zero-order valence-electron chi connectivity index (χ0n) is 9.69. The van der Waals surface area contributed by atoms with Gasteiger partial charge in [0.15, 0.2) is 0 Å². The Hall–Kier alpha value is -1.20. The molecule has 0 N–H and O–H groups in total. The number of carbonyl (C=O) groups excluding carboxylic acids is 2. The van der Waals surface area contributed by atoms with Crippen molar-refractivity contribution in [2.75, 3.05) is 21.2 Å². The lowest BCUT2D eigenvalue weighted by Crippen LogP contribution is -2.16. The SMILES string of the molecule is COC(=O)c1ccc(SC(=O)N(C)C)c(Cl)c1. The van der Waals surface area contributed by atoms with Crippen LogP contribution in [0.25, 0.3) is 0 Å². The van der Waals surface area contributed by atoms with Crippen molar-refractivity contribution < 1.29 is 14.3 Å². The third kappa shape index (κ3) is 3.64. The monoisotopic (exact) mass is 273 g/mol. The van der Waals surface area contributed by atoms with Gasteiger partial charge in [0.1, 0.15) is 0 Å². The number of thioether (sulfide) groups is 1. The fraction of sp³-hybridized carbons (Fsp3) is 0.273. The normalized spacial score (nSPS) is 9.88.